The molecule has 1 atom stereocenters. The minimum absolute atomic E-state index is 0.000380. The highest BCUT2D eigenvalue weighted by molar-refractivity contribution is 9.10. The van der Waals surface area contributed by atoms with Crippen molar-refractivity contribution in [2.24, 2.45) is 0 Å². The monoisotopic (exact) mass is 428 g/mol. The Hall–Kier alpha value is -1.47. The summed E-state index contributed by atoms with van der Waals surface area (Å²) in [6, 6.07) is 8.07. The van der Waals surface area contributed by atoms with Crippen LogP contribution in [0.4, 0.5) is 10.2 Å². The number of halogens is 4. The lowest BCUT2D eigenvalue weighted by molar-refractivity contribution is 0.606. The first-order valence-electron chi connectivity index (χ1n) is 7.02. The van der Waals surface area contributed by atoms with Crippen LogP contribution in [-0.4, -0.2) is 9.97 Å². The molecule has 0 fully saturated rings. The quantitative estimate of drug-likeness (QED) is 0.423. The van der Waals surface area contributed by atoms with Crippen LogP contribution in [0.3, 0.4) is 0 Å². The summed E-state index contributed by atoms with van der Waals surface area (Å²) in [5, 5.41) is 1.22. The molecule has 3 aromatic rings. The third-order valence-electron chi connectivity index (χ3n) is 3.52. The average Bonchev–Trinajstić information content (AvgIpc) is 2.56. The van der Waals surface area contributed by atoms with Crippen LogP contribution in [0.2, 0.25) is 10.0 Å². The first-order valence-corrected chi connectivity index (χ1v) is 8.57. The van der Waals surface area contributed by atoms with Crippen molar-refractivity contribution in [1.82, 2.24) is 15.4 Å². The van der Waals surface area contributed by atoms with E-state index in [0.717, 1.165) is 15.4 Å². The van der Waals surface area contributed by atoms with Gasteiger partial charge in [0.15, 0.2) is 5.82 Å². The van der Waals surface area contributed by atoms with Gasteiger partial charge in [-0.05, 0) is 37.3 Å². The summed E-state index contributed by atoms with van der Waals surface area (Å²) < 4.78 is 14.6. The van der Waals surface area contributed by atoms with E-state index in [1.807, 2.05) is 25.1 Å². The number of rotatable bonds is 4. The third kappa shape index (κ3) is 3.47. The van der Waals surface area contributed by atoms with Crippen LogP contribution in [0, 0.1) is 5.82 Å². The van der Waals surface area contributed by atoms with Gasteiger partial charge in [0, 0.05) is 20.4 Å². The molecule has 2 N–H and O–H groups in total. The topological polar surface area (TPSA) is 49.8 Å². The van der Waals surface area contributed by atoms with Crippen molar-refractivity contribution in [3.63, 3.8) is 0 Å². The van der Waals surface area contributed by atoms with E-state index in [1.54, 1.807) is 0 Å². The molecule has 0 amide bonds. The molecule has 1 aromatic heterocycles. The maximum Gasteiger partial charge on any atom is 0.151 e. The first-order chi connectivity index (χ1) is 11.5. The van der Waals surface area contributed by atoms with E-state index in [2.05, 4.69) is 36.7 Å². The van der Waals surface area contributed by atoms with Crippen LogP contribution in [0.1, 0.15) is 18.5 Å². The average molecular weight is 430 g/mol. The predicted molar refractivity (Wildman–Crippen MR) is 98.8 cm³/mol. The van der Waals surface area contributed by atoms with Crippen molar-refractivity contribution in [2.75, 3.05) is 5.43 Å². The zero-order valence-electron chi connectivity index (χ0n) is 12.4. The highest BCUT2D eigenvalue weighted by Crippen LogP contribution is 2.32. The van der Waals surface area contributed by atoms with Gasteiger partial charge in [-0.25, -0.2) is 19.8 Å². The Morgan fingerprint density at radius 2 is 1.96 bits per heavy atom. The van der Waals surface area contributed by atoms with Gasteiger partial charge in [-0.2, -0.15) is 0 Å². The summed E-state index contributed by atoms with van der Waals surface area (Å²) in [6.07, 6.45) is 1.47. The van der Waals surface area contributed by atoms with Gasteiger partial charge < -0.3 is 5.43 Å². The van der Waals surface area contributed by atoms with E-state index in [-0.39, 0.29) is 11.1 Å². The lowest BCUT2D eigenvalue weighted by Crippen LogP contribution is -2.26. The molecule has 0 aliphatic heterocycles. The number of fused-ring (bicyclic) bond motifs is 1. The number of nitrogens with one attached hydrogen (secondary N) is 2. The fourth-order valence-corrected chi connectivity index (χ4v) is 3.38. The van der Waals surface area contributed by atoms with Crippen molar-refractivity contribution in [2.45, 2.75) is 13.0 Å². The number of hydrogen-bond donors (Lipinski definition) is 2. The van der Waals surface area contributed by atoms with Crippen molar-refractivity contribution in [3.8, 4) is 0 Å². The van der Waals surface area contributed by atoms with E-state index in [4.69, 9.17) is 23.2 Å². The Bertz CT molecular complexity index is 907. The van der Waals surface area contributed by atoms with E-state index >= 15 is 0 Å². The van der Waals surface area contributed by atoms with Gasteiger partial charge in [0.05, 0.1) is 16.6 Å². The molecule has 0 spiro atoms. The van der Waals surface area contributed by atoms with Crippen LogP contribution in [0.15, 0.2) is 41.1 Å². The van der Waals surface area contributed by atoms with Crippen LogP contribution < -0.4 is 10.9 Å². The van der Waals surface area contributed by atoms with Gasteiger partial charge in [0.1, 0.15) is 12.1 Å². The van der Waals surface area contributed by atoms with Crippen molar-refractivity contribution >= 4 is 55.9 Å². The number of benzene rings is 2. The molecule has 0 saturated heterocycles. The molecule has 0 radical (unpaired) electrons. The van der Waals surface area contributed by atoms with Crippen molar-refractivity contribution < 1.29 is 4.39 Å². The van der Waals surface area contributed by atoms with Crippen molar-refractivity contribution in [3.05, 3.63) is 62.6 Å². The SMILES string of the molecule is CC(NNc1ncnc2ccc(Br)cc12)c1c(Cl)ccc(F)c1Cl. The Morgan fingerprint density at radius 3 is 2.75 bits per heavy atom. The summed E-state index contributed by atoms with van der Waals surface area (Å²) >= 11 is 15.6. The zero-order valence-corrected chi connectivity index (χ0v) is 15.5. The minimum Gasteiger partial charge on any atom is -0.305 e. The van der Waals surface area contributed by atoms with Gasteiger partial charge in [-0.1, -0.05) is 39.1 Å². The Balaban J connectivity index is 1.86. The molecule has 1 unspecified atom stereocenters. The second-order valence-electron chi connectivity index (χ2n) is 5.13. The standard InChI is InChI=1S/C16H12BrCl2FN4/c1-8(14-11(18)3-4-12(20)15(14)19)23-24-16-10-6-9(17)2-5-13(10)21-7-22-16/h2-8,23H,1H3,(H,21,22,24). The second kappa shape index (κ2) is 7.19. The largest absolute Gasteiger partial charge is 0.305 e. The van der Waals surface area contributed by atoms with Gasteiger partial charge in [0.2, 0.25) is 0 Å². The summed E-state index contributed by atoms with van der Waals surface area (Å²) in [5.41, 5.74) is 7.35. The number of hydrogen-bond acceptors (Lipinski definition) is 4. The Kier molecular flexibility index (Phi) is 5.20. The van der Waals surface area contributed by atoms with Gasteiger partial charge in [-0.3, -0.25) is 0 Å². The van der Waals surface area contributed by atoms with Crippen LogP contribution in [0.25, 0.3) is 10.9 Å². The molecule has 4 nitrogen and oxygen atoms in total. The molecule has 0 bridgehead atoms. The van der Waals surface area contributed by atoms with Gasteiger partial charge in [-0.15, -0.1) is 0 Å². The van der Waals surface area contributed by atoms with Gasteiger partial charge in [0.25, 0.3) is 0 Å². The van der Waals surface area contributed by atoms with Crippen molar-refractivity contribution in [1.29, 1.82) is 0 Å². The lowest BCUT2D eigenvalue weighted by atomic mass is 10.1. The molecule has 0 saturated carbocycles. The molecular formula is C16H12BrCl2FN4. The molecule has 0 aliphatic carbocycles. The number of nitrogens with zero attached hydrogens (tertiary/aromatic N) is 2. The molecule has 1 heterocycles. The highest BCUT2D eigenvalue weighted by Gasteiger charge is 2.17. The fourth-order valence-electron chi connectivity index (χ4n) is 2.32. The lowest BCUT2D eigenvalue weighted by Gasteiger charge is -2.19. The van der Waals surface area contributed by atoms with E-state index in [9.17, 15) is 4.39 Å². The smallest absolute Gasteiger partial charge is 0.151 e. The normalized spacial score (nSPS) is 12.4. The predicted octanol–water partition coefficient (Wildman–Crippen LogP) is 5.52. The van der Waals surface area contributed by atoms with Crippen LogP contribution in [-0.2, 0) is 0 Å². The number of hydrazine groups is 1. The molecular weight excluding hydrogens is 418 g/mol. The maximum atomic E-state index is 13.7. The molecule has 124 valence electrons. The van der Waals surface area contributed by atoms with E-state index in [1.165, 1.54) is 18.5 Å². The van der Waals surface area contributed by atoms with Crippen LogP contribution in [0.5, 0.6) is 0 Å². The number of aromatic nitrogens is 2. The second-order valence-corrected chi connectivity index (χ2v) is 6.83. The Labute approximate surface area is 156 Å². The molecule has 2 aromatic carbocycles. The van der Waals surface area contributed by atoms with E-state index in [0.29, 0.717) is 16.4 Å². The molecule has 24 heavy (non-hydrogen) atoms. The van der Waals surface area contributed by atoms with Crippen LogP contribution >= 0.6 is 39.1 Å². The van der Waals surface area contributed by atoms with Gasteiger partial charge >= 0.3 is 0 Å². The zero-order chi connectivity index (χ0) is 17.3. The fraction of sp³-hybridized carbons (Fsp3) is 0.125. The van der Waals surface area contributed by atoms with E-state index < -0.39 is 5.82 Å². The highest BCUT2D eigenvalue weighted by atomic mass is 79.9. The summed E-state index contributed by atoms with van der Waals surface area (Å²) in [4.78, 5) is 8.45. The third-order valence-corrected chi connectivity index (χ3v) is 4.72. The molecule has 8 heteroatoms. The first kappa shape index (κ1) is 17.4. The minimum atomic E-state index is -0.513. The Morgan fingerprint density at radius 1 is 1.17 bits per heavy atom. The molecule has 0 aliphatic rings. The maximum absolute atomic E-state index is 13.7. The number of anilines is 1. The molecule has 3 rings (SSSR count). The summed E-state index contributed by atoms with van der Waals surface area (Å²) in [6.45, 7) is 1.82. The summed E-state index contributed by atoms with van der Waals surface area (Å²) in [5.74, 6) is 0.0814. The summed E-state index contributed by atoms with van der Waals surface area (Å²) in [7, 11) is 0.